The molecule has 2 unspecified atom stereocenters. The Morgan fingerprint density at radius 2 is 2.12 bits per heavy atom. The van der Waals surface area contributed by atoms with Crippen LogP contribution in [0.15, 0.2) is 35.6 Å². The second-order valence-corrected chi connectivity index (χ2v) is 9.54. The molecule has 2 atom stereocenters. The van der Waals surface area contributed by atoms with Crippen molar-refractivity contribution in [1.29, 1.82) is 0 Å². The first kappa shape index (κ1) is 17.9. The number of sulfone groups is 1. The molecule has 1 saturated heterocycles. The number of rotatable bonds is 5. The van der Waals surface area contributed by atoms with Crippen molar-refractivity contribution < 1.29 is 17.6 Å². The van der Waals surface area contributed by atoms with E-state index in [1.807, 2.05) is 0 Å². The normalized spacial score (nSPS) is 20.3. The first-order valence-electron chi connectivity index (χ1n) is 7.81. The Hall–Kier alpha value is -1.87. The van der Waals surface area contributed by atoms with Gasteiger partial charge in [0, 0.05) is 6.04 Å². The van der Waals surface area contributed by atoms with E-state index in [0.717, 1.165) is 11.3 Å². The Morgan fingerprint density at radius 1 is 1.40 bits per heavy atom. The molecule has 0 radical (unpaired) electrons. The van der Waals surface area contributed by atoms with E-state index in [2.05, 4.69) is 15.3 Å². The Morgan fingerprint density at radius 3 is 2.76 bits per heavy atom. The van der Waals surface area contributed by atoms with E-state index in [-0.39, 0.29) is 29.3 Å². The van der Waals surface area contributed by atoms with Gasteiger partial charge in [0.1, 0.15) is 5.82 Å². The zero-order valence-corrected chi connectivity index (χ0v) is 15.2. The van der Waals surface area contributed by atoms with Crippen LogP contribution < -0.4 is 5.32 Å². The topological polar surface area (TPSA) is 91.9 Å². The molecule has 9 heteroatoms. The minimum absolute atomic E-state index is 0.00555. The van der Waals surface area contributed by atoms with Crippen molar-refractivity contribution in [3.63, 3.8) is 0 Å². The monoisotopic (exact) mass is 383 g/mol. The van der Waals surface area contributed by atoms with Gasteiger partial charge in [-0.05, 0) is 43.2 Å². The lowest BCUT2D eigenvalue weighted by Gasteiger charge is -2.14. The van der Waals surface area contributed by atoms with Gasteiger partial charge >= 0.3 is 0 Å². The van der Waals surface area contributed by atoms with Crippen LogP contribution in [0.1, 0.15) is 13.3 Å². The molecule has 6 nitrogen and oxygen atoms in total. The number of halogens is 1. The molecule has 1 fully saturated rings. The van der Waals surface area contributed by atoms with Crippen molar-refractivity contribution in [3.05, 3.63) is 36.3 Å². The standard InChI is InChI=1S/C16H18FN3O3S2/c1-10(15(21)19-13-6-7-25(22,23)9-13)24-16-18-8-14(20-16)11-2-4-12(17)5-3-11/h2-5,8,10,13H,6-7,9H2,1H3,(H,18,20)(H,19,21). The highest BCUT2D eigenvalue weighted by molar-refractivity contribution is 8.00. The molecule has 1 aromatic heterocycles. The summed E-state index contributed by atoms with van der Waals surface area (Å²) in [6.45, 7) is 1.74. The SMILES string of the molecule is CC(Sc1ncc(-c2ccc(F)cc2)[nH]1)C(=O)NC1CCS(=O)(=O)C1. The van der Waals surface area contributed by atoms with Crippen molar-refractivity contribution in [3.8, 4) is 11.3 Å². The van der Waals surface area contributed by atoms with Crippen molar-refractivity contribution in [2.24, 2.45) is 0 Å². The number of aromatic nitrogens is 2. The predicted octanol–water partition coefficient (Wildman–Crippen LogP) is 2.00. The van der Waals surface area contributed by atoms with Gasteiger partial charge in [0.25, 0.3) is 0 Å². The minimum Gasteiger partial charge on any atom is -0.351 e. The molecule has 3 rings (SSSR count). The van der Waals surface area contributed by atoms with Crippen LogP contribution in [-0.4, -0.2) is 47.1 Å². The number of hydrogen-bond acceptors (Lipinski definition) is 5. The van der Waals surface area contributed by atoms with Gasteiger partial charge in [0.05, 0.1) is 28.6 Å². The van der Waals surface area contributed by atoms with Crippen LogP contribution >= 0.6 is 11.8 Å². The number of aromatic amines is 1. The van der Waals surface area contributed by atoms with Crippen molar-refractivity contribution in [2.45, 2.75) is 29.8 Å². The fourth-order valence-corrected chi connectivity index (χ4v) is 5.05. The average molecular weight is 383 g/mol. The summed E-state index contributed by atoms with van der Waals surface area (Å²) in [5.41, 5.74) is 1.53. The van der Waals surface area contributed by atoms with Crippen LogP contribution in [0.5, 0.6) is 0 Å². The maximum Gasteiger partial charge on any atom is 0.233 e. The van der Waals surface area contributed by atoms with Gasteiger partial charge in [-0.15, -0.1) is 0 Å². The number of carbonyl (C=O) groups excluding carboxylic acids is 1. The number of nitrogens with zero attached hydrogens (tertiary/aromatic N) is 1. The van der Waals surface area contributed by atoms with E-state index in [0.29, 0.717) is 11.6 Å². The molecule has 2 N–H and O–H groups in total. The van der Waals surface area contributed by atoms with Gasteiger partial charge in [-0.2, -0.15) is 0 Å². The van der Waals surface area contributed by atoms with Crippen LogP contribution in [0.2, 0.25) is 0 Å². The zero-order chi connectivity index (χ0) is 18.0. The molecule has 0 bridgehead atoms. The highest BCUT2D eigenvalue weighted by atomic mass is 32.2. The third-order valence-corrected chi connectivity index (χ3v) is 6.71. The van der Waals surface area contributed by atoms with E-state index >= 15 is 0 Å². The molecule has 2 aromatic rings. The fourth-order valence-electron chi connectivity index (χ4n) is 2.59. The van der Waals surface area contributed by atoms with Crippen LogP contribution in [0.3, 0.4) is 0 Å². The maximum absolute atomic E-state index is 13.0. The van der Waals surface area contributed by atoms with E-state index in [9.17, 15) is 17.6 Å². The second-order valence-electron chi connectivity index (χ2n) is 5.98. The summed E-state index contributed by atoms with van der Waals surface area (Å²) in [7, 11) is -3.02. The Labute approximate surface area is 149 Å². The smallest absolute Gasteiger partial charge is 0.233 e. The number of benzene rings is 1. The van der Waals surface area contributed by atoms with Crippen molar-refractivity contribution in [2.75, 3.05) is 11.5 Å². The fraction of sp³-hybridized carbons (Fsp3) is 0.375. The highest BCUT2D eigenvalue weighted by Crippen LogP contribution is 2.25. The van der Waals surface area contributed by atoms with Crippen LogP contribution in [0, 0.1) is 5.82 Å². The highest BCUT2D eigenvalue weighted by Gasteiger charge is 2.30. The lowest BCUT2D eigenvalue weighted by molar-refractivity contribution is -0.120. The number of imidazole rings is 1. The summed E-state index contributed by atoms with van der Waals surface area (Å²) >= 11 is 1.25. The summed E-state index contributed by atoms with van der Waals surface area (Å²) in [6.07, 6.45) is 2.09. The van der Waals surface area contributed by atoms with E-state index in [4.69, 9.17) is 0 Å². The number of carbonyl (C=O) groups is 1. The predicted molar refractivity (Wildman–Crippen MR) is 94.5 cm³/mol. The third-order valence-electron chi connectivity index (χ3n) is 3.94. The minimum atomic E-state index is -3.02. The molecule has 2 heterocycles. The molecule has 1 aliphatic heterocycles. The third kappa shape index (κ3) is 4.60. The molecule has 1 aromatic carbocycles. The zero-order valence-electron chi connectivity index (χ0n) is 13.5. The molecule has 0 aliphatic carbocycles. The first-order chi connectivity index (χ1) is 11.8. The van der Waals surface area contributed by atoms with Crippen LogP contribution in [-0.2, 0) is 14.6 Å². The summed E-state index contributed by atoms with van der Waals surface area (Å²) in [6, 6.07) is 5.72. The van der Waals surface area contributed by atoms with Crippen molar-refractivity contribution in [1.82, 2.24) is 15.3 Å². The molecule has 134 valence electrons. The molecular formula is C16H18FN3O3S2. The van der Waals surface area contributed by atoms with Gasteiger partial charge in [0.2, 0.25) is 5.91 Å². The molecule has 0 spiro atoms. The lowest BCUT2D eigenvalue weighted by Crippen LogP contribution is -2.39. The van der Waals surface area contributed by atoms with E-state index in [1.165, 1.54) is 23.9 Å². The van der Waals surface area contributed by atoms with Crippen LogP contribution in [0.4, 0.5) is 4.39 Å². The largest absolute Gasteiger partial charge is 0.351 e. The average Bonchev–Trinajstić information content (AvgIpc) is 3.14. The Balaban J connectivity index is 1.58. The molecule has 1 aliphatic rings. The quantitative estimate of drug-likeness (QED) is 0.771. The van der Waals surface area contributed by atoms with Crippen LogP contribution in [0.25, 0.3) is 11.3 Å². The first-order valence-corrected chi connectivity index (χ1v) is 10.5. The van der Waals surface area contributed by atoms with E-state index < -0.39 is 15.1 Å². The van der Waals surface area contributed by atoms with Gasteiger partial charge < -0.3 is 10.3 Å². The lowest BCUT2D eigenvalue weighted by atomic mass is 10.2. The number of thioether (sulfide) groups is 1. The molecular weight excluding hydrogens is 365 g/mol. The molecule has 0 saturated carbocycles. The van der Waals surface area contributed by atoms with E-state index in [1.54, 1.807) is 25.3 Å². The summed E-state index contributed by atoms with van der Waals surface area (Å²) in [4.78, 5) is 19.5. The number of H-pyrrole nitrogens is 1. The second kappa shape index (κ2) is 7.17. The maximum atomic E-state index is 13.0. The summed E-state index contributed by atoms with van der Waals surface area (Å²) < 4.78 is 35.9. The summed E-state index contributed by atoms with van der Waals surface area (Å²) in [5, 5.41) is 2.93. The molecule has 25 heavy (non-hydrogen) atoms. The Bertz CT molecular complexity index is 865. The van der Waals surface area contributed by atoms with Gasteiger partial charge in [-0.25, -0.2) is 17.8 Å². The van der Waals surface area contributed by atoms with Gasteiger partial charge in [-0.1, -0.05) is 11.8 Å². The number of hydrogen-bond donors (Lipinski definition) is 2. The van der Waals surface area contributed by atoms with Crippen molar-refractivity contribution >= 4 is 27.5 Å². The number of nitrogens with one attached hydrogen (secondary N) is 2. The van der Waals surface area contributed by atoms with Gasteiger partial charge in [0.15, 0.2) is 15.0 Å². The number of amides is 1. The van der Waals surface area contributed by atoms with Gasteiger partial charge in [-0.3, -0.25) is 4.79 Å². The Kier molecular flexibility index (Phi) is 5.14. The summed E-state index contributed by atoms with van der Waals surface area (Å²) in [5.74, 6) is -0.395. The molecule has 1 amide bonds.